The molecule has 154 valence electrons. The van der Waals surface area contributed by atoms with Crippen LogP contribution in [0.1, 0.15) is 27.7 Å². The third kappa shape index (κ3) is 3.88. The normalized spacial score (nSPS) is 16.5. The van der Waals surface area contributed by atoms with Crippen molar-refractivity contribution < 1.29 is 14.7 Å². The molecule has 2 aromatic heterocycles. The van der Waals surface area contributed by atoms with Gasteiger partial charge in [-0.3, -0.25) is 9.59 Å². The number of carbonyl (C=O) groups is 2. The first-order valence-electron chi connectivity index (χ1n) is 9.20. The molecule has 1 aliphatic heterocycles. The number of aliphatic hydroxyl groups is 1. The van der Waals surface area contributed by atoms with Gasteiger partial charge in [0.15, 0.2) is 5.76 Å². The highest BCUT2D eigenvalue weighted by atomic mass is 35.5. The number of amides is 1. The maximum absolute atomic E-state index is 13.2. The molecule has 9 heteroatoms. The number of imidazole rings is 1. The van der Waals surface area contributed by atoms with Gasteiger partial charge in [-0.05, 0) is 35.6 Å². The highest BCUT2D eigenvalue weighted by molar-refractivity contribution is 7.12. The summed E-state index contributed by atoms with van der Waals surface area (Å²) in [6.45, 7) is 0.964. The van der Waals surface area contributed by atoms with Crippen LogP contribution in [0.3, 0.4) is 0 Å². The van der Waals surface area contributed by atoms with Gasteiger partial charge in [-0.1, -0.05) is 35.3 Å². The van der Waals surface area contributed by atoms with Gasteiger partial charge in [-0.25, -0.2) is 4.98 Å². The summed E-state index contributed by atoms with van der Waals surface area (Å²) in [4.78, 5) is 32.0. The minimum Gasteiger partial charge on any atom is -0.503 e. The largest absolute Gasteiger partial charge is 0.503 e. The number of benzene rings is 1. The van der Waals surface area contributed by atoms with Crippen molar-refractivity contribution in [2.45, 2.75) is 19.0 Å². The Hall–Kier alpha value is -2.61. The van der Waals surface area contributed by atoms with Crippen molar-refractivity contribution in [2.24, 2.45) is 0 Å². The van der Waals surface area contributed by atoms with Crippen LogP contribution in [-0.2, 0) is 11.3 Å². The zero-order chi connectivity index (χ0) is 21.3. The Balaban J connectivity index is 1.70. The van der Waals surface area contributed by atoms with Crippen molar-refractivity contribution >= 4 is 46.2 Å². The Bertz CT molecular complexity index is 1110. The van der Waals surface area contributed by atoms with E-state index in [9.17, 15) is 14.7 Å². The standard InChI is InChI=1S/C21H17Cl2N3O3S/c22-13-4-5-14(15(23)11-13)18-17(19(27)16-3-1-10-30-16)20(28)21(29)26(18)8-2-7-25-9-6-24-12-25/h1,3-6,9-12,18,28H,2,7-8H2/t18-/m1/s1. The van der Waals surface area contributed by atoms with Crippen molar-refractivity contribution in [2.75, 3.05) is 6.54 Å². The van der Waals surface area contributed by atoms with Crippen LogP contribution in [0, 0.1) is 0 Å². The van der Waals surface area contributed by atoms with Gasteiger partial charge in [0.1, 0.15) is 0 Å². The molecule has 1 amide bonds. The molecule has 0 aliphatic carbocycles. The van der Waals surface area contributed by atoms with E-state index in [4.69, 9.17) is 23.2 Å². The Morgan fingerprint density at radius 1 is 1.23 bits per heavy atom. The maximum Gasteiger partial charge on any atom is 0.290 e. The Morgan fingerprint density at radius 2 is 2.07 bits per heavy atom. The predicted molar refractivity (Wildman–Crippen MR) is 116 cm³/mol. The van der Waals surface area contributed by atoms with E-state index in [1.54, 1.807) is 48.2 Å². The summed E-state index contributed by atoms with van der Waals surface area (Å²) in [5, 5.41) is 13.2. The average Bonchev–Trinajstić information content (AvgIpc) is 3.46. The van der Waals surface area contributed by atoms with Crippen molar-refractivity contribution in [3.05, 3.63) is 86.3 Å². The molecule has 0 saturated carbocycles. The van der Waals surface area contributed by atoms with Crippen molar-refractivity contribution in [1.29, 1.82) is 0 Å². The average molecular weight is 462 g/mol. The maximum atomic E-state index is 13.2. The van der Waals surface area contributed by atoms with Gasteiger partial charge in [0.2, 0.25) is 5.78 Å². The first-order valence-corrected chi connectivity index (χ1v) is 10.8. The van der Waals surface area contributed by atoms with E-state index in [1.807, 2.05) is 10.8 Å². The van der Waals surface area contributed by atoms with Gasteiger partial charge in [-0.15, -0.1) is 11.3 Å². The van der Waals surface area contributed by atoms with E-state index in [0.29, 0.717) is 40.0 Å². The van der Waals surface area contributed by atoms with Crippen molar-refractivity contribution in [3.63, 3.8) is 0 Å². The molecule has 1 aromatic carbocycles. The SMILES string of the molecule is O=C(C1=C(O)C(=O)N(CCCn2ccnc2)[C@@H]1c1ccc(Cl)cc1Cl)c1cccs1. The molecule has 30 heavy (non-hydrogen) atoms. The molecule has 0 spiro atoms. The molecule has 1 N–H and O–H groups in total. The smallest absolute Gasteiger partial charge is 0.290 e. The Morgan fingerprint density at radius 3 is 2.73 bits per heavy atom. The van der Waals surface area contributed by atoms with E-state index >= 15 is 0 Å². The number of ketones is 1. The quantitative estimate of drug-likeness (QED) is 0.506. The van der Waals surface area contributed by atoms with Crippen LogP contribution in [0.5, 0.6) is 0 Å². The summed E-state index contributed by atoms with van der Waals surface area (Å²) in [6.07, 6.45) is 5.82. The lowest BCUT2D eigenvalue weighted by Gasteiger charge is -2.27. The van der Waals surface area contributed by atoms with Crippen LogP contribution in [0.2, 0.25) is 10.0 Å². The van der Waals surface area contributed by atoms with Gasteiger partial charge in [0.25, 0.3) is 5.91 Å². The molecule has 4 rings (SSSR count). The van der Waals surface area contributed by atoms with Crippen LogP contribution in [-0.4, -0.2) is 37.8 Å². The number of aryl methyl sites for hydroxylation is 1. The molecule has 1 atom stereocenters. The predicted octanol–water partition coefficient (Wildman–Crippen LogP) is 4.92. The summed E-state index contributed by atoms with van der Waals surface area (Å²) >= 11 is 13.7. The second-order valence-corrected chi connectivity index (χ2v) is 8.58. The van der Waals surface area contributed by atoms with E-state index in [1.165, 1.54) is 16.2 Å². The number of hydrogen-bond donors (Lipinski definition) is 1. The molecule has 6 nitrogen and oxygen atoms in total. The monoisotopic (exact) mass is 461 g/mol. The third-order valence-electron chi connectivity index (χ3n) is 4.92. The molecule has 0 bridgehead atoms. The highest BCUT2D eigenvalue weighted by Gasteiger charge is 2.44. The van der Waals surface area contributed by atoms with Crippen molar-refractivity contribution in [1.82, 2.24) is 14.5 Å². The van der Waals surface area contributed by atoms with Crippen LogP contribution >= 0.6 is 34.5 Å². The number of thiophene rings is 1. The summed E-state index contributed by atoms with van der Waals surface area (Å²) in [7, 11) is 0. The number of nitrogens with zero attached hydrogens (tertiary/aromatic N) is 3. The number of hydrogen-bond acceptors (Lipinski definition) is 5. The first kappa shape index (κ1) is 20.7. The van der Waals surface area contributed by atoms with E-state index in [2.05, 4.69) is 4.98 Å². The summed E-state index contributed by atoms with van der Waals surface area (Å²) in [6, 6.07) is 7.53. The highest BCUT2D eigenvalue weighted by Crippen LogP contribution is 2.42. The number of carbonyl (C=O) groups excluding carboxylic acids is 2. The molecule has 0 unspecified atom stereocenters. The number of aromatic nitrogens is 2. The second-order valence-electron chi connectivity index (χ2n) is 6.79. The summed E-state index contributed by atoms with van der Waals surface area (Å²) in [5.74, 6) is -1.51. The second kappa shape index (κ2) is 8.63. The molecule has 0 radical (unpaired) electrons. The number of halogens is 2. The number of Topliss-reactive ketones (excluding diaryl/α,β-unsaturated/α-hetero) is 1. The Kier molecular flexibility index (Phi) is 5.94. The third-order valence-corrected chi connectivity index (χ3v) is 6.36. The number of rotatable bonds is 7. The van der Waals surface area contributed by atoms with Crippen LogP contribution < -0.4 is 0 Å². The minimum atomic E-state index is -0.792. The van der Waals surface area contributed by atoms with E-state index < -0.39 is 17.7 Å². The van der Waals surface area contributed by atoms with E-state index in [0.717, 1.165) is 0 Å². The topological polar surface area (TPSA) is 75.4 Å². The Labute approximate surface area is 187 Å². The van der Waals surface area contributed by atoms with Crippen LogP contribution in [0.15, 0.2) is 65.8 Å². The molecular weight excluding hydrogens is 445 g/mol. The van der Waals surface area contributed by atoms with Gasteiger partial charge in [-0.2, -0.15) is 0 Å². The molecule has 0 saturated heterocycles. The summed E-state index contributed by atoms with van der Waals surface area (Å²) in [5.41, 5.74) is 0.579. The van der Waals surface area contributed by atoms with Crippen LogP contribution in [0.25, 0.3) is 0 Å². The zero-order valence-corrected chi connectivity index (χ0v) is 18.0. The molecular formula is C21H17Cl2N3O3S. The molecule has 3 heterocycles. The van der Waals surface area contributed by atoms with E-state index in [-0.39, 0.29) is 11.4 Å². The lowest BCUT2D eigenvalue weighted by atomic mass is 9.95. The lowest BCUT2D eigenvalue weighted by molar-refractivity contribution is -0.129. The number of aliphatic hydroxyl groups excluding tert-OH is 1. The van der Waals surface area contributed by atoms with Crippen LogP contribution in [0.4, 0.5) is 0 Å². The van der Waals surface area contributed by atoms with Gasteiger partial charge in [0, 0.05) is 35.5 Å². The van der Waals surface area contributed by atoms with Gasteiger partial charge < -0.3 is 14.6 Å². The minimum absolute atomic E-state index is 0.0364. The zero-order valence-electron chi connectivity index (χ0n) is 15.7. The summed E-state index contributed by atoms with van der Waals surface area (Å²) < 4.78 is 1.90. The van der Waals surface area contributed by atoms with Gasteiger partial charge >= 0.3 is 0 Å². The molecule has 1 aliphatic rings. The molecule has 0 fully saturated rings. The fourth-order valence-corrected chi connectivity index (χ4v) is 4.74. The first-order chi connectivity index (χ1) is 14.5. The van der Waals surface area contributed by atoms with Gasteiger partial charge in [0.05, 0.1) is 22.8 Å². The fourth-order valence-electron chi connectivity index (χ4n) is 3.55. The fraction of sp³-hybridized carbons (Fsp3) is 0.190. The molecule has 3 aromatic rings. The lowest BCUT2D eigenvalue weighted by Crippen LogP contribution is -2.32. The van der Waals surface area contributed by atoms with Crippen molar-refractivity contribution in [3.8, 4) is 0 Å².